The molecule has 1 aliphatic rings. The predicted molar refractivity (Wildman–Crippen MR) is 115 cm³/mol. The molecule has 0 unspecified atom stereocenters. The summed E-state index contributed by atoms with van der Waals surface area (Å²) in [6, 6.07) is 13.0. The van der Waals surface area contributed by atoms with Crippen LogP contribution in [-0.2, 0) is 6.42 Å². The highest BCUT2D eigenvalue weighted by atomic mass is 35.5. The van der Waals surface area contributed by atoms with E-state index in [1.54, 1.807) is 19.2 Å². The van der Waals surface area contributed by atoms with Gasteiger partial charge in [-0.1, -0.05) is 16.8 Å². The Balaban J connectivity index is 1.31. The molecule has 3 aromatic rings. The van der Waals surface area contributed by atoms with E-state index >= 15 is 0 Å². The lowest BCUT2D eigenvalue weighted by atomic mass is 10.2. The number of rotatable bonds is 5. The van der Waals surface area contributed by atoms with Gasteiger partial charge in [-0.05, 0) is 36.4 Å². The minimum atomic E-state index is 0.538. The number of ether oxygens (including phenoxy) is 2. The quantitative estimate of drug-likeness (QED) is 0.472. The van der Waals surface area contributed by atoms with Crippen molar-refractivity contribution in [1.29, 1.82) is 0 Å². The molecule has 9 heteroatoms. The van der Waals surface area contributed by atoms with Gasteiger partial charge >= 0.3 is 0 Å². The van der Waals surface area contributed by atoms with Crippen LogP contribution >= 0.6 is 11.6 Å². The lowest BCUT2D eigenvalue weighted by Crippen LogP contribution is -2.32. The van der Waals surface area contributed by atoms with Crippen LogP contribution in [0.1, 0.15) is 12.3 Å². The number of aromatic nitrogens is 2. The van der Waals surface area contributed by atoms with Crippen LogP contribution in [0.4, 0.5) is 5.69 Å². The largest absolute Gasteiger partial charge is 0.490 e. The average molecular weight is 428 g/mol. The Labute approximate surface area is 179 Å². The molecule has 0 saturated heterocycles. The maximum Gasteiger partial charge on any atom is 0.228 e. The Kier molecular flexibility index (Phi) is 6.34. The van der Waals surface area contributed by atoms with Gasteiger partial charge in [0.25, 0.3) is 0 Å². The van der Waals surface area contributed by atoms with Crippen molar-refractivity contribution < 1.29 is 14.0 Å². The smallest absolute Gasteiger partial charge is 0.228 e. The minimum absolute atomic E-state index is 0.538. The van der Waals surface area contributed by atoms with E-state index < -0.39 is 0 Å². The second-order valence-electron chi connectivity index (χ2n) is 6.60. The molecule has 156 valence electrons. The van der Waals surface area contributed by atoms with Gasteiger partial charge in [0.15, 0.2) is 17.5 Å². The van der Waals surface area contributed by atoms with Gasteiger partial charge in [-0.3, -0.25) is 4.99 Å². The fraction of sp³-hybridized carbons (Fsp3) is 0.286. The van der Waals surface area contributed by atoms with Crippen LogP contribution < -0.4 is 20.1 Å². The molecule has 1 aromatic heterocycles. The topological polar surface area (TPSA) is 93.8 Å². The van der Waals surface area contributed by atoms with Gasteiger partial charge in [0.05, 0.1) is 13.2 Å². The van der Waals surface area contributed by atoms with Gasteiger partial charge in [0.2, 0.25) is 11.7 Å². The number of halogens is 1. The molecule has 0 fully saturated rings. The van der Waals surface area contributed by atoms with Crippen molar-refractivity contribution in [3.8, 4) is 22.9 Å². The number of anilines is 1. The van der Waals surface area contributed by atoms with E-state index in [-0.39, 0.29) is 0 Å². The monoisotopic (exact) mass is 427 g/mol. The van der Waals surface area contributed by atoms with E-state index in [9.17, 15) is 0 Å². The van der Waals surface area contributed by atoms with Crippen molar-refractivity contribution in [2.24, 2.45) is 4.99 Å². The Bertz CT molecular complexity index is 1020. The summed E-state index contributed by atoms with van der Waals surface area (Å²) in [5.41, 5.74) is 1.71. The number of aliphatic imine (C=N–C) groups is 1. The van der Waals surface area contributed by atoms with Crippen molar-refractivity contribution in [1.82, 2.24) is 15.5 Å². The first-order chi connectivity index (χ1) is 14.7. The summed E-state index contributed by atoms with van der Waals surface area (Å²) in [6.45, 7) is 1.89. The second kappa shape index (κ2) is 9.49. The first kappa shape index (κ1) is 20.0. The third-order valence-corrected chi connectivity index (χ3v) is 4.69. The summed E-state index contributed by atoms with van der Waals surface area (Å²) in [7, 11) is 1.71. The summed E-state index contributed by atoms with van der Waals surface area (Å²) >= 11 is 5.91. The molecule has 4 rings (SSSR count). The molecule has 0 bridgehead atoms. The standard InChI is InChI=1S/C21H22ClN5O3/c1-23-21(25-16-7-8-17-18(13-16)29-12-2-11-28-17)24-10-9-19-26-20(27-30-19)14-3-5-15(22)6-4-14/h3-8,13H,2,9-12H2,1H3,(H2,23,24,25). The molecule has 0 amide bonds. The molecule has 0 saturated carbocycles. The molecular weight excluding hydrogens is 406 g/mol. The van der Waals surface area contributed by atoms with E-state index in [0.717, 1.165) is 29.2 Å². The average Bonchev–Trinajstić information content (AvgIpc) is 3.10. The molecule has 0 atom stereocenters. The Morgan fingerprint density at radius 1 is 1.10 bits per heavy atom. The summed E-state index contributed by atoms with van der Waals surface area (Å²) in [6.07, 6.45) is 1.43. The maximum absolute atomic E-state index is 5.91. The molecule has 2 aromatic carbocycles. The van der Waals surface area contributed by atoms with Crippen LogP contribution in [0.2, 0.25) is 5.02 Å². The van der Waals surface area contributed by atoms with Crippen molar-refractivity contribution >= 4 is 23.2 Å². The lowest BCUT2D eigenvalue weighted by Gasteiger charge is -2.13. The summed E-state index contributed by atoms with van der Waals surface area (Å²) < 4.78 is 16.7. The zero-order valence-electron chi connectivity index (χ0n) is 16.5. The van der Waals surface area contributed by atoms with E-state index in [2.05, 4.69) is 25.8 Å². The summed E-state index contributed by atoms with van der Waals surface area (Å²) in [4.78, 5) is 8.67. The zero-order chi connectivity index (χ0) is 20.8. The molecule has 0 spiro atoms. The predicted octanol–water partition coefficient (Wildman–Crippen LogP) is 3.78. The fourth-order valence-electron chi connectivity index (χ4n) is 2.92. The van der Waals surface area contributed by atoms with Crippen LogP contribution in [0.25, 0.3) is 11.4 Å². The minimum Gasteiger partial charge on any atom is -0.490 e. The summed E-state index contributed by atoms with van der Waals surface area (Å²) in [5, 5.41) is 11.2. The molecule has 0 radical (unpaired) electrons. The molecule has 2 N–H and O–H groups in total. The SMILES string of the molecule is CN=C(NCCc1nc(-c2ccc(Cl)cc2)no1)Nc1ccc2c(c1)OCCCO2. The van der Waals surface area contributed by atoms with Crippen LogP contribution in [0.15, 0.2) is 52.0 Å². The van der Waals surface area contributed by atoms with Crippen molar-refractivity contribution in [3.05, 3.63) is 53.4 Å². The highest BCUT2D eigenvalue weighted by molar-refractivity contribution is 6.30. The van der Waals surface area contributed by atoms with Gasteiger partial charge in [-0.15, -0.1) is 0 Å². The van der Waals surface area contributed by atoms with Crippen molar-refractivity contribution in [2.45, 2.75) is 12.8 Å². The number of hydrogen-bond donors (Lipinski definition) is 2. The number of nitrogens with zero attached hydrogens (tertiary/aromatic N) is 3. The van der Waals surface area contributed by atoms with Crippen LogP contribution in [0.5, 0.6) is 11.5 Å². The number of benzene rings is 2. The first-order valence-corrected chi connectivity index (χ1v) is 10.0. The van der Waals surface area contributed by atoms with E-state index in [1.165, 1.54) is 0 Å². The summed E-state index contributed by atoms with van der Waals surface area (Å²) in [5.74, 6) is 3.19. The first-order valence-electron chi connectivity index (χ1n) is 9.67. The number of hydrogen-bond acceptors (Lipinski definition) is 6. The van der Waals surface area contributed by atoms with E-state index in [4.69, 9.17) is 25.6 Å². The van der Waals surface area contributed by atoms with Crippen LogP contribution in [0, 0.1) is 0 Å². The van der Waals surface area contributed by atoms with Gasteiger partial charge in [0.1, 0.15) is 0 Å². The third-order valence-electron chi connectivity index (χ3n) is 4.44. The van der Waals surface area contributed by atoms with E-state index in [1.807, 2.05) is 30.3 Å². The molecule has 30 heavy (non-hydrogen) atoms. The van der Waals surface area contributed by atoms with Gasteiger partial charge in [0, 0.05) is 48.8 Å². The maximum atomic E-state index is 5.91. The van der Waals surface area contributed by atoms with E-state index in [0.29, 0.717) is 48.9 Å². The van der Waals surface area contributed by atoms with Crippen molar-refractivity contribution in [2.75, 3.05) is 32.1 Å². The Morgan fingerprint density at radius 3 is 2.70 bits per heavy atom. The lowest BCUT2D eigenvalue weighted by molar-refractivity contribution is 0.297. The molecule has 0 aliphatic carbocycles. The highest BCUT2D eigenvalue weighted by Gasteiger charge is 2.12. The van der Waals surface area contributed by atoms with Gasteiger partial charge < -0.3 is 24.6 Å². The van der Waals surface area contributed by atoms with Crippen LogP contribution in [-0.4, -0.2) is 42.9 Å². The molecule has 8 nitrogen and oxygen atoms in total. The Hall–Kier alpha value is -3.26. The van der Waals surface area contributed by atoms with Gasteiger partial charge in [-0.2, -0.15) is 4.98 Å². The van der Waals surface area contributed by atoms with Crippen LogP contribution in [0.3, 0.4) is 0 Å². The molecule has 2 heterocycles. The second-order valence-corrected chi connectivity index (χ2v) is 7.04. The number of fused-ring (bicyclic) bond motifs is 1. The van der Waals surface area contributed by atoms with Crippen molar-refractivity contribution in [3.63, 3.8) is 0 Å². The third kappa shape index (κ3) is 5.01. The number of nitrogens with one attached hydrogen (secondary N) is 2. The molecule has 1 aliphatic heterocycles. The van der Waals surface area contributed by atoms with Gasteiger partial charge in [-0.25, -0.2) is 0 Å². The fourth-order valence-corrected chi connectivity index (χ4v) is 3.04. The zero-order valence-corrected chi connectivity index (χ0v) is 17.3. The Morgan fingerprint density at radius 2 is 1.90 bits per heavy atom. The normalized spacial score (nSPS) is 13.6. The highest BCUT2D eigenvalue weighted by Crippen LogP contribution is 2.32. The number of guanidine groups is 1. The molecular formula is C21H22ClN5O3.